The monoisotopic (exact) mass is 526 g/mol. The lowest BCUT2D eigenvalue weighted by Crippen LogP contribution is -2.40. The topological polar surface area (TPSA) is 103 Å². The predicted molar refractivity (Wildman–Crippen MR) is 152 cm³/mol. The van der Waals surface area contributed by atoms with Gasteiger partial charge >= 0.3 is 12.0 Å². The molecule has 37 heavy (non-hydrogen) atoms. The molecule has 0 radical (unpaired) electrons. The van der Waals surface area contributed by atoms with Gasteiger partial charge in [-0.25, -0.2) is 4.79 Å². The first-order valence-corrected chi connectivity index (χ1v) is 13.5. The van der Waals surface area contributed by atoms with Crippen LogP contribution in [0.25, 0.3) is 0 Å². The molecule has 1 aliphatic heterocycles. The molecule has 0 aromatic heterocycles. The van der Waals surface area contributed by atoms with Crippen LogP contribution in [0.3, 0.4) is 0 Å². The van der Waals surface area contributed by atoms with Crippen LogP contribution in [0.2, 0.25) is 0 Å². The Morgan fingerprint density at radius 2 is 1.76 bits per heavy atom. The fourth-order valence-corrected chi connectivity index (χ4v) is 3.43. The molecule has 9 nitrogen and oxygen atoms in total. The summed E-state index contributed by atoms with van der Waals surface area (Å²) in [7, 11) is 5.23. The number of rotatable bonds is 9. The predicted octanol–water partition coefficient (Wildman–Crippen LogP) is 4.76. The summed E-state index contributed by atoms with van der Waals surface area (Å²) in [5.41, 5.74) is 1.50. The van der Waals surface area contributed by atoms with Crippen molar-refractivity contribution in [3.05, 3.63) is 29.8 Å². The van der Waals surface area contributed by atoms with Gasteiger partial charge in [0.15, 0.2) is 0 Å². The number of methoxy groups -OCH3 is 1. The van der Waals surface area contributed by atoms with Crippen LogP contribution < -0.4 is 10.6 Å². The van der Waals surface area contributed by atoms with E-state index in [2.05, 4.69) is 31.4 Å². The van der Waals surface area contributed by atoms with E-state index in [1.165, 1.54) is 7.11 Å². The zero-order valence-electron chi connectivity index (χ0n) is 25.1. The minimum Gasteiger partial charge on any atom is -0.468 e. The first kappa shape index (κ1) is 37.0. The van der Waals surface area contributed by atoms with Gasteiger partial charge in [-0.2, -0.15) is 5.06 Å². The highest BCUT2D eigenvalue weighted by atomic mass is 16.7. The number of benzene rings is 1. The SMILES string of the molecule is CC.CC.CC(C)C.CC[C@@H]1C(CO)ON(Cc2cccc(NC(=O)NCCN(C)C)c2)[C@@H]1C(=O)OC. The summed E-state index contributed by atoms with van der Waals surface area (Å²) < 4.78 is 4.95. The third-order valence-corrected chi connectivity index (χ3v) is 4.93. The largest absolute Gasteiger partial charge is 0.468 e. The standard InChI is InChI=1S/C20H32N4O5.C4H10.2C2H6/c1-5-16-17(13-25)29-24(18(16)19(26)28-4)12-14-7-6-8-15(11-14)22-20(27)21-9-10-23(2)3;1-4(2)3;2*1-2/h6-8,11,16-18,25H,5,9-10,12-13H2,1-4H3,(H2,21,22,27);4H,1-3H3;2*1-2H3/t16-,17?,18+;;;/m1.../s1. The molecule has 2 rings (SSSR count). The highest BCUT2D eigenvalue weighted by Gasteiger charge is 2.46. The van der Waals surface area contributed by atoms with Gasteiger partial charge in [0.05, 0.1) is 20.3 Å². The highest BCUT2D eigenvalue weighted by Crippen LogP contribution is 2.32. The number of amides is 2. The average molecular weight is 527 g/mol. The molecule has 2 amide bonds. The van der Waals surface area contributed by atoms with Gasteiger partial charge in [0.25, 0.3) is 0 Å². The summed E-state index contributed by atoms with van der Waals surface area (Å²) in [6.45, 7) is 17.9. The van der Waals surface area contributed by atoms with E-state index in [1.54, 1.807) is 11.1 Å². The molecule has 0 aliphatic carbocycles. The lowest BCUT2D eigenvalue weighted by Gasteiger charge is -2.23. The van der Waals surface area contributed by atoms with E-state index >= 15 is 0 Å². The Hall–Kier alpha value is -2.20. The van der Waals surface area contributed by atoms with Crippen LogP contribution in [-0.2, 0) is 20.9 Å². The third kappa shape index (κ3) is 15.0. The van der Waals surface area contributed by atoms with Crippen molar-refractivity contribution in [3.8, 4) is 0 Å². The van der Waals surface area contributed by atoms with Crippen molar-refractivity contribution >= 4 is 17.7 Å². The van der Waals surface area contributed by atoms with Crippen molar-refractivity contribution in [3.63, 3.8) is 0 Å². The van der Waals surface area contributed by atoms with Crippen molar-refractivity contribution in [2.24, 2.45) is 11.8 Å². The van der Waals surface area contributed by atoms with Crippen molar-refractivity contribution in [1.82, 2.24) is 15.3 Å². The maximum Gasteiger partial charge on any atom is 0.325 e. The summed E-state index contributed by atoms with van der Waals surface area (Å²) >= 11 is 0. The normalized spacial score (nSPS) is 18.5. The molecule has 3 atom stereocenters. The summed E-state index contributed by atoms with van der Waals surface area (Å²) in [5.74, 6) is 0.290. The number of carbonyl (C=O) groups excluding carboxylic acids is 2. The number of aliphatic hydroxyl groups is 1. The zero-order valence-corrected chi connectivity index (χ0v) is 25.1. The minimum absolute atomic E-state index is 0.156. The van der Waals surface area contributed by atoms with Gasteiger partial charge in [0.2, 0.25) is 0 Å². The second kappa shape index (κ2) is 21.8. The Morgan fingerprint density at radius 3 is 2.24 bits per heavy atom. The Kier molecular flexibility index (Phi) is 21.8. The van der Waals surface area contributed by atoms with Crippen LogP contribution in [0.4, 0.5) is 10.5 Å². The van der Waals surface area contributed by atoms with Crippen LogP contribution in [0.15, 0.2) is 24.3 Å². The van der Waals surface area contributed by atoms with E-state index in [0.717, 1.165) is 18.0 Å². The number of urea groups is 1. The molecule has 0 saturated carbocycles. The molecule has 3 N–H and O–H groups in total. The number of hydroxylamine groups is 2. The molecule has 1 aromatic carbocycles. The Morgan fingerprint density at radius 1 is 1.16 bits per heavy atom. The molecule has 9 heteroatoms. The zero-order chi connectivity index (χ0) is 29.0. The van der Waals surface area contributed by atoms with E-state index in [1.807, 2.05) is 71.8 Å². The number of carbonyl (C=O) groups is 2. The Labute approximate surface area is 225 Å². The first-order chi connectivity index (χ1) is 17.6. The van der Waals surface area contributed by atoms with Gasteiger partial charge in [-0.1, -0.05) is 67.5 Å². The van der Waals surface area contributed by atoms with Gasteiger partial charge in [0, 0.05) is 24.7 Å². The summed E-state index contributed by atoms with van der Waals surface area (Å²) in [4.78, 5) is 32.2. The molecule has 1 fully saturated rings. The molecule has 1 saturated heterocycles. The number of hydrogen-bond donors (Lipinski definition) is 3. The second-order valence-electron chi connectivity index (χ2n) is 9.06. The molecule has 1 heterocycles. The lowest BCUT2D eigenvalue weighted by molar-refractivity contribution is -0.189. The quantitative estimate of drug-likeness (QED) is 0.399. The molecule has 1 aromatic rings. The van der Waals surface area contributed by atoms with Gasteiger partial charge in [-0.05, 0) is 44.1 Å². The number of likely N-dealkylation sites (N-methyl/N-ethyl adjacent to an activating group) is 1. The van der Waals surface area contributed by atoms with Crippen LogP contribution >= 0.6 is 0 Å². The first-order valence-electron chi connectivity index (χ1n) is 13.5. The number of esters is 1. The molecular formula is C28H54N4O5. The Bertz CT molecular complexity index is 728. The fraction of sp³-hybridized carbons (Fsp3) is 0.714. The van der Waals surface area contributed by atoms with E-state index in [9.17, 15) is 14.7 Å². The van der Waals surface area contributed by atoms with Crippen LogP contribution in [-0.4, -0.2) is 80.1 Å². The van der Waals surface area contributed by atoms with Crippen molar-refractivity contribution in [2.75, 3.05) is 46.2 Å². The van der Waals surface area contributed by atoms with Crippen molar-refractivity contribution in [2.45, 2.75) is 80.5 Å². The van der Waals surface area contributed by atoms with E-state index in [0.29, 0.717) is 25.2 Å². The Balaban J connectivity index is 0. The van der Waals surface area contributed by atoms with Gasteiger partial charge < -0.3 is 25.4 Å². The molecule has 1 aliphatic rings. The fourth-order valence-electron chi connectivity index (χ4n) is 3.43. The maximum atomic E-state index is 12.3. The number of nitrogens with zero attached hydrogens (tertiary/aromatic N) is 2. The average Bonchev–Trinajstić information content (AvgIpc) is 3.22. The number of nitrogens with one attached hydrogen (secondary N) is 2. The van der Waals surface area contributed by atoms with Crippen molar-refractivity contribution < 1.29 is 24.3 Å². The molecule has 1 unspecified atom stereocenters. The van der Waals surface area contributed by atoms with E-state index in [4.69, 9.17) is 9.57 Å². The maximum absolute atomic E-state index is 12.3. The molecule has 216 valence electrons. The van der Waals surface area contributed by atoms with Crippen LogP contribution in [0, 0.1) is 11.8 Å². The summed E-state index contributed by atoms with van der Waals surface area (Å²) in [6.07, 6.45) is 0.226. The van der Waals surface area contributed by atoms with Gasteiger partial charge in [-0.3, -0.25) is 9.63 Å². The minimum atomic E-state index is -0.590. The summed E-state index contributed by atoms with van der Waals surface area (Å²) in [6, 6.07) is 6.47. The van der Waals surface area contributed by atoms with Gasteiger partial charge in [-0.15, -0.1) is 0 Å². The second-order valence-corrected chi connectivity index (χ2v) is 9.06. The van der Waals surface area contributed by atoms with E-state index in [-0.39, 0.29) is 24.5 Å². The summed E-state index contributed by atoms with van der Waals surface area (Å²) in [5, 5.41) is 16.8. The van der Waals surface area contributed by atoms with Crippen molar-refractivity contribution in [1.29, 1.82) is 0 Å². The van der Waals surface area contributed by atoms with E-state index < -0.39 is 12.1 Å². The molecule has 0 bridgehead atoms. The van der Waals surface area contributed by atoms with Crippen LogP contribution in [0.1, 0.15) is 67.4 Å². The third-order valence-electron chi connectivity index (χ3n) is 4.93. The number of hydrogen-bond acceptors (Lipinski definition) is 7. The number of anilines is 1. The number of ether oxygens (including phenoxy) is 1. The lowest BCUT2D eigenvalue weighted by atomic mass is 9.92. The highest BCUT2D eigenvalue weighted by molar-refractivity contribution is 5.89. The molecule has 0 spiro atoms. The van der Waals surface area contributed by atoms with Gasteiger partial charge in [0.1, 0.15) is 12.1 Å². The smallest absolute Gasteiger partial charge is 0.325 e. The van der Waals surface area contributed by atoms with Crippen LogP contribution in [0.5, 0.6) is 0 Å². The number of aliphatic hydroxyl groups excluding tert-OH is 1. The molecular weight excluding hydrogens is 472 g/mol.